The number of aliphatic hydroxyl groups is 1. The Labute approximate surface area is 96.1 Å². The number of hydrogen-bond donors (Lipinski definition) is 1. The fourth-order valence-electron chi connectivity index (χ4n) is 1.52. The van der Waals surface area contributed by atoms with E-state index in [1.54, 1.807) is 24.3 Å². The van der Waals surface area contributed by atoms with Gasteiger partial charge in [-0.15, -0.1) is 0 Å². The molecule has 0 aromatic heterocycles. The molecule has 1 N–H and O–H groups in total. The largest absolute Gasteiger partial charge is 0.465 e. The summed E-state index contributed by atoms with van der Waals surface area (Å²) >= 11 is 0. The summed E-state index contributed by atoms with van der Waals surface area (Å²) in [5.74, 6) is -0.352. The first-order valence-electron chi connectivity index (χ1n) is 5.55. The highest BCUT2D eigenvalue weighted by molar-refractivity contribution is 5.89. The van der Waals surface area contributed by atoms with Gasteiger partial charge in [0.1, 0.15) is 0 Å². The van der Waals surface area contributed by atoms with Crippen LogP contribution >= 0.6 is 0 Å². The number of esters is 1. The first-order valence-corrected chi connectivity index (χ1v) is 5.55. The lowest BCUT2D eigenvalue weighted by molar-refractivity contribution is 0.0600. The molecule has 0 aliphatic carbocycles. The molecule has 0 aliphatic rings. The molecule has 88 valence electrons. The topological polar surface area (TPSA) is 46.5 Å². The zero-order valence-corrected chi connectivity index (χ0v) is 9.77. The summed E-state index contributed by atoms with van der Waals surface area (Å²) in [7, 11) is 1.35. The van der Waals surface area contributed by atoms with E-state index in [0.717, 1.165) is 24.8 Å². The Morgan fingerprint density at radius 2 is 2.00 bits per heavy atom. The molecule has 1 atom stereocenters. The minimum absolute atomic E-state index is 0.352. The van der Waals surface area contributed by atoms with E-state index in [-0.39, 0.29) is 5.97 Å². The summed E-state index contributed by atoms with van der Waals surface area (Å²) in [5, 5.41) is 9.82. The molecular formula is C13H18O3. The summed E-state index contributed by atoms with van der Waals surface area (Å²) in [5.41, 5.74) is 1.36. The van der Waals surface area contributed by atoms with Crippen LogP contribution in [0.4, 0.5) is 0 Å². The highest BCUT2D eigenvalue weighted by Crippen LogP contribution is 2.19. The Bertz CT molecular complexity index is 330. The van der Waals surface area contributed by atoms with Crippen molar-refractivity contribution < 1.29 is 14.6 Å². The number of methoxy groups -OCH3 is 1. The molecule has 0 aliphatic heterocycles. The van der Waals surface area contributed by atoms with Gasteiger partial charge in [-0.1, -0.05) is 31.9 Å². The van der Waals surface area contributed by atoms with Crippen LogP contribution in [0.1, 0.15) is 48.2 Å². The molecule has 3 heteroatoms. The quantitative estimate of drug-likeness (QED) is 0.779. The highest BCUT2D eigenvalue weighted by atomic mass is 16.5. The number of unbranched alkanes of at least 4 members (excludes halogenated alkanes) is 1. The van der Waals surface area contributed by atoms with Crippen LogP contribution in [-0.2, 0) is 4.74 Å². The lowest BCUT2D eigenvalue weighted by Crippen LogP contribution is -2.02. The van der Waals surface area contributed by atoms with Crippen LogP contribution < -0.4 is 0 Å². The summed E-state index contributed by atoms with van der Waals surface area (Å²) in [6, 6.07) is 6.89. The van der Waals surface area contributed by atoms with Gasteiger partial charge in [0, 0.05) is 0 Å². The Morgan fingerprint density at radius 1 is 1.38 bits per heavy atom. The standard InChI is InChI=1S/C13H18O3/c1-3-4-5-12(14)10-6-8-11(9-7-10)13(15)16-2/h6-9,12,14H,3-5H2,1-2H3/t12-/m0/s1. The van der Waals surface area contributed by atoms with Crippen LogP contribution in [0.5, 0.6) is 0 Å². The van der Waals surface area contributed by atoms with Crippen LogP contribution in [-0.4, -0.2) is 18.2 Å². The van der Waals surface area contributed by atoms with Crippen molar-refractivity contribution >= 4 is 5.97 Å². The molecule has 16 heavy (non-hydrogen) atoms. The van der Waals surface area contributed by atoms with Crippen molar-refractivity contribution in [3.8, 4) is 0 Å². The fourth-order valence-corrected chi connectivity index (χ4v) is 1.52. The van der Waals surface area contributed by atoms with E-state index < -0.39 is 6.10 Å². The van der Waals surface area contributed by atoms with Crippen molar-refractivity contribution in [1.82, 2.24) is 0 Å². The van der Waals surface area contributed by atoms with Crippen LogP contribution in [0.25, 0.3) is 0 Å². The van der Waals surface area contributed by atoms with E-state index in [9.17, 15) is 9.90 Å². The predicted molar refractivity (Wildman–Crippen MR) is 62.3 cm³/mol. The molecule has 0 bridgehead atoms. The third-order valence-corrected chi connectivity index (χ3v) is 2.55. The van der Waals surface area contributed by atoms with Crippen molar-refractivity contribution in [1.29, 1.82) is 0 Å². The summed E-state index contributed by atoms with van der Waals surface area (Å²) in [6.07, 6.45) is 2.39. The molecule has 0 radical (unpaired) electrons. The zero-order chi connectivity index (χ0) is 12.0. The minimum Gasteiger partial charge on any atom is -0.465 e. The Morgan fingerprint density at radius 3 is 2.50 bits per heavy atom. The molecule has 1 aromatic rings. The fraction of sp³-hybridized carbons (Fsp3) is 0.462. The van der Waals surface area contributed by atoms with Crippen molar-refractivity contribution in [2.24, 2.45) is 0 Å². The molecular weight excluding hydrogens is 204 g/mol. The van der Waals surface area contributed by atoms with Crippen LogP contribution in [0.3, 0.4) is 0 Å². The monoisotopic (exact) mass is 222 g/mol. The van der Waals surface area contributed by atoms with Gasteiger partial charge in [-0.3, -0.25) is 0 Å². The molecule has 1 aromatic carbocycles. The first kappa shape index (κ1) is 12.7. The van der Waals surface area contributed by atoms with Gasteiger partial charge >= 0.3 is 5.97 Å². The maximum Gasteiger partial charge on any atom is 0.337 e. The highest BCUT2D eigenvalue weighted by Gasteiger charge is 2.09. The van der Waals surface area contributed by atoms with E-state index in [4.69, 9.17) is 0 Å². The van der Waals surface area contributed by atoms with Crippen molar-refractivity contribution in [2.45, 2.75) is 32.3 Å². The SMILES string of the molecule is CCCC[C@H](O)c1ccc(C(=O)OC)cc1. The summed E-state index contributed by atoms with van der Waals surface area (Å²) in [6.45, 7) is 2.09. The van der Waals surface area contributed by atoms with Crippen molar-refractivity contribution in [2.75, 3.05) is 7.11 Å². The van der Waals surface area contributed by atoms with Gasteiger partial charge in [0.15, 0.2) is 0 Å². The molecule has 1 rings (SSSR count). The maximum absolute atomic E-state index is 11.2. The lowest BCUT2D eigenvalue weighted by Gasteiger charge is -2.10. The number of aliphatic hydroxyl groups excluding tert-OH is 1. The summed E-state index contributed by atoms with van der Waals surface area (Å²) < 4.78 is 4.60. The van der Waals surface area contributed by atoms with Gasteiger partial charge < -0.3 is 9.84 Å². The third kappa shape index (κ3) is 3.35. The van der Waals surface area contributed by atoms with Crippen LogP contribution in [0, 0.1) is 0 Å². The van der Waals surface area contributed by atoms with E-state index in [2.05, 4.69) is 11.7 Å². The van der Waals surface area contributed by atoms with Gasteiger partial charge in [0.2, 0.25) is 0 Å². The van der Waals surface area contributed by atoms with Gasteiger partial charge in [0.25, 0.3) is 0 Å². The Balaban J connectivity index is 2.67. The second-order valence-electron chi connectivity index (χ2n) is 3.77. The number of carbonyl (C=O) groups is 1. The third-order valence-electron chi connectivity index (χ3n) is 2.55. The molecule has 3 nitrogen and oxygen atoms in total. The van der Waals surface area contributed by atoms with Crippen LogP contribution in [0.2, 0.25) is 0 Å². The molecule has 0 spiro atoms. The maximum atomic E-state index is 11.2. The first-order chi connectivity index (χ1) is 7.69. The molecule has 0 fully saturated rings. The van der Waals surface area contributed by atoms with Crippen molar-refractivity contribution in [3.63, 3.8) is 0 Å². The van der Waals surface area contributed by atoms with Gasteiger partial charge in [0.05, 0.1) is 18.8 Å². The average molecular weight is 222 g/mol. The molecule has 0 amide bonds. The molecule has 0 saturated carbocycles. The lowest BCUT2D eigenvalue weighted by atomic mass is 10.0. The number of rotatable bonds is 5. The van der Waals surface area contributed by atoms with E-state index in [0.29, 0.717) is 5.56 Å². The van der Waals surface area contributed by atoms with Crippen molar-refractivity contribution in [3.05, 3.63) is 35.4 Å². The molecule has 0 unspecified atom stereocenters. The van der Waals surface area contributed by atoms with E-state index in [1.165, 1.54) is 7.11 Å². The van der Waals surface area contributed by atoms with Gasteiger partial charge in [-0.2, -0.15) is 0 Å². The van der Waals surface area contributed by atoms with E-state index in [1.807, 2.05) is 0 Å². The molecule has 0 heterocycles. The minimum atomic E-state index is -0.438. The average Bonchev–Trinajstić information content (AvgIpc) is 2.35. The predicted octanol–water partition coefficient (Wildman–Crippen LogP) is 2.70. The second-order valence-corrected chi connectivity index (χ2v) is 3.77. The number of carbonyl (C=O) groups excluding carboxylic acids is 1. The number of benzene rings is 1. The Hall–Kier alpha value is -1.35. The van der Waals surface area contributed by atoms with Gasteiger partial charge in [-0.05, 0) is 24.1 Å². The zero-order valence-electron chi connectivity index (χ0n) is 9.77. The molecule has 0 saturated heterocycles. The Kier molecular flexibility index (Phi) is 4.99. The second kappa shape index (κ2) is 6.28. The van der Waals surface area contributed by atoms with Crippen LogP contribution in [0.15, 0.2) is 24.3 Å². The van der Waals surface area contributed by atoms with Gasteiger partial charge in [-0.25, -0.2) is 4.79 Å². The van der Waals surface area contributed by atoms with E-state index >= 15 is 0 Å². The number of hydrogen-bond acceptors (Lipinski definition) is 3. The number of ether oxygens (including phenoxy) is 1. The normalized spacial score (nSPS) is 12.2. The smallest absolute Gasteiger partial charge is 0.337 e. The summed E-state index contributed by atoms with van der Waals surface area (Å²) in [4.78, 5) is 11.2.